The first-order valence-electron chi connectivity index (χ1n) is 12.6. The Morgan fingerprint density at radius 3 is 1.97 bits per heavy atom. The van der Waals surface area contributed by atoms with Crippen molar-refractivity contribution in [3.8, 4) is 0 Å². The molecule has 1 N–H and O–H groups in total. The third-order valence-corrected chi connectivity index (χ3v) is 7.35. The molecule has 4 rings (SSSR count). The van der Waals surface area contributed by atoms with Crippen molar-refractivity contribution in [1.29, 1.82) is 0 Å². The maximum absolute atomic E-state index is 13.6. The minimum absolute atomic E-state index is 0.0543. The van der Waals surface area contributed by atoms with Crippen molar-refractivity contribution in [2.45, 2.75) is 18.2 Å². The molecular weight excluding hydrogens is 498 g/mol. The van der Waals surface area contributed by atoms with E-state index in [1.807, 2.05) is 42.5 Å². The number of hydrogen-bond acceptors (Lipinski definition) is 5. The molecule has 1 unspecified atom stereocenters. The highest BCUT2D eigenvalue weighted by Gasteiger charge is 2.30. The quantitative estimate of drug-likeness (QED) is 0.481. The van der Waals surface area contributed by atoms with Crippen LogP contribution in [0.4, 0.5) is 0 Å². The van der Waals surface area contributed by atoms with Crippen LogP contribution in [0.5, 0.6) is 0 Å². The van der Waals surface area contributed by atoms with Gasteiger partial charge in [-0.1, -0.05) is 66.7 Å². The fraction of sp³-hybridized carbons (Fsp3) is 0.267. The van der Waals surface area contributed by atoms with Crippen LogP contribution in [-0.2, 0) is 15.3 Å². The van der Waals surface area contributed by atoms with E-state index in [2.05, 4.69) is 5.32 Å². The maximum Gasteiger partial charge on any atom is 0.254 e. The van der Waals surface area contributed by atoms with Gasteiger partial charge >= 0.3 is 0 Å². The number of carbonyl (C=O) groups excluding carboxylic acids is 4. The molecule has 0 saturated carbocycles. The van der Waals surface area contributed by atoms with E-state index in [0.717, 1.165) is 5.56 Å². The van der Waals surface area contributed by atoms with Gasteiger partial charge in [-0.2, -0.15) is 11.8 Å². The number of nitrogens with one attached hydrogen (secondary N) is 1. The fourth-order valence-corrected chi connectivity index (χ4v) is 5.31. The Morgan fingerprint density at radius 1 is 0.763 bits per heavy atom. The van der Waals surface area contributed by atoms with E-state index >= 15 is 0 Å². The van der Waals surface area contributed by atoms with E-state index in [1.165, 1.54) is 4.90 Å². The molecule has 1 fully saturated rings. The second-order valence-electron chi connectivity index (χ2n) is 9.14. The largest absolute Gasteiger partial charge is 0.339 e. The standard InChI is InChI=1S/C30H31N3O4S/c34-26-19-32(29(36)25-15-8-3-9-16-25)17-10-18-33(20-26)30(37)27(22-38-21-23-11-4-1-5-12-23)31-28(35)24-13-6-2-7-14-24/h1-9,11-16,27H,10,17-22H2,(H,31,35). The molecule has 38 heavy (non-hydrogen) atoms. The van der Waals surface area contributed by atoms with Gasteiger partial charge in [0.2, 0.25) is 5.91 Å². The van der Waals surface area contributed by atoms with Crippen LogP contribution in [0, 0.1) is 0 Å². The van der Waals surface area contributed by atoms with Gasteiger partial charge in [0.05, 0.1) is 13.1 Å². The van der Waals surface area contributed by atoms with Crippen LogP contribution in [-0.4, -0.2) is 71.3 Å². The first-order chi connectivity index (χ1) is 18.5. The van der Waals surface area contributed by atoms with Gasteiger partial charge in [-0.05, 0) is 36.2 Å². The molecule has 7 nitrogen and oxygen atoms in total. The number of carbonyl (C=O) groups is 4. The summed E-state index contributed by atoms with van der Waals surface area (Å²) in [5.74, 6) is 0.0430. The molecule has 3 amide bonds. The number of Topliss-reactive ketones (excluding diaryl/α,β-unsaturated/α-hetero) is 1. The minimum atomic E-state index is -0.786. The zero-order valence-corrected chi connectivity index (χ0v) is 21.9. The molecule has 196 valence electrons. The van der Waals surface area contributed by atoms with Gasteiger partial charge in [0, 0.05) is 35.7 Å². The molecule has 1 atom stereocenters. The van der Waals surface area contributed by atoms with Crippen molar-refractivity contribution in [3.63, 3.8) is 0 Å². The summed E-state index contributed by atoms with van der Waals surface area (Å²) in [7, 11) is 0. The van der Waals surface area contributed by atoms with Crippen LogP contribution >= 0.6 is 11.8 Å². The summed E-state index contributed by atoms with van der Waals surface area (Å²) in [5.41, 5.74) is 2.13. The van der Waals surface area contributed by atoms with Crippen molar-refractivity contribution in [2.24, 2.45) is 0 Å². The highest BCUT2D eigenvalue weighted by Crippen LogP contribution is 2.16. The number of amides is 3. The van der Waals surface area contributed by atoms with Crippen molar-refractivity contribution in [3.05, 3.63) is 108 Å². The van der Waals surface area contributed by atoms with Gasteiger partial charge in [0.1, 0.15) is 6.04 Å². The molecule has 3 aromatic rings. The van der Waals surface area contributed by atoms with Gasteiger partial charge in [-0.15, -0.1) is 0 Å². The summed E-state index contributed by atoms with van der Waals surface area (Å²) in [6.45, 7) is 0.539. The normalized spacial score (nSPS) is 14.8. The first-order valence-corrected chi connectivity index (χ1v) is 13.8. The Balaban J connectivity index is 1.42. The Hall–Kier alpha value is -3.91. The number of thioether (sulfide) groups is 1. The number of hydrogen-bond donors (Lipinski definition) is 1. The smallest absolute Gasteiger partial charge is 0.254 e. The van der Waals surface area contributed by atoms with Gasteiger partial charge in [-0.25, -0.2) is 0 Å². The highest BCUT2D eigenvalue weighted by atomic mass is 32.2. The topological polar surface area (TPSA) is 86.8 Å². The summed E-state index contributed by atoms with van der Waals surface area (Å²) in [6, 6.07) is 26.8. The summed E-state index contributed by atoms with van der Waals surface area (Å²) >= 11 is 1.56. The molecular formula is C30H31N3O4S. The van der Waals surface area contributed by atoms with Crippen LogP contribution in [0.15, 0.2) is 91.0 Å². The predicted octanol–water partition coefficient (Wildman–Crippen LogP) is 3.66. The molecule has 3 aromatic carbocycles. The Morgan fingerprint density at radius 2 is 1.32 bits per heavy atom. The van der Waals surface area contributed by atoms with Crippen molar-refractivity contribution < 1.29 is 19.2 Å². The van der Waals surface area contributed by atoms with Gasteiger partial charge in [0.25, 0.3) is 11.8 Å². The van der Waals surface area contributed by atoms with Crippen molar-refractivity contribution >= 4 is 35.3 Å². The second-order valence-corrected chi connectivity index (χ2v) is 10.2. The molecule has 0 aromatic heterocycles. The zero-order valence-electron chi connectivity index (χ0n) is 21.1. The summed E-state index contributed by atoms with van der Waals surface area (Å²) in [5, 5.41) is 2.89. The molecule has 0 aliphatic carbocycles. The van der Waals surface area contributed by atoms with Gasteiger partial charge in [0.15, 0.2) is 5.78 Å². The van der Waals surface area contributed by atoms with E-state index in [-0.39, 0.29) is 36.6 Å². The van der Waals surface area contributed by atoms with Crippen LogP contribution in [0.3, 0.4) is 0 Å². The van der Waals surface area contributed by atoms with Gasteiger partial charge < -0.3 is 15.1 Å². The summed E-state index contributed by atoms with van der Waals surface area (Å²) < 4.78 is 0. The minimum Gasteiger partial charge on any atom is -0.339 e. The molecule has 1 saturated heterocycles. The van der Waals surface area contributed by atoms with Crippen LogP contribution < -0.4 is 5.32 Å². The van der Waals surface area contributed by atoms with Crippen LogP contribution in [0.2, 0.25) is 0 Å². The van der Waals surface area contributed by atoms with E-state index in [4.69, 9.17) is 0 Å². The summed E-state index contributed by atoms with van der Waals surface area (Å²) in [4.78, 5) is 55.3. The highest BCUT2D eigenvalue weighted by molar-refractivity contribution is 7.98. The lowest BCUT2D eigenvalue weighted by Crippen LogP contribution is -2.53. The molecule has 1 aliphatic heterocycles. The van der Waals surface area contributed by atoms with Gasteiger partial charge in [-0.3, -0.25) is 19.2 Å². The fourth-order valence-electron chi connectivity index (χ4n) is 4.31. The lowest BCUT2D eigenvalue weighted by Gasteiger charge is -2.32. The van der Waals surface area contributed by atoms with Crippen LogP contribution in [0.1, 0.15) is 32.7 Å². The van der Waals surface area contributed by atoms with Crippen molar-refractivity contribution in [1.82, 2.24) is 15.1 Å². The number of nitrogens with zero attached hydrogens (tertiary/aromatic N) is 2. The Bertz CT molecular complexity index is 1240. The monoisotopic (exact) mass is 529 g/mol. The third kappa shape index (κ3) is 7.55. The van der Waals surface area contributed by atoms with E-state index in [9.17, 15) is 19.2 Å². The van der Waals surface area contributed by atoms with E-state index in [0.29, 0.717) is 42.1 Å². The predicted molar refractivity (Wildman–Crippen MR) is 149 cm³/mol. The Labute approximate surface area is 227 Å². The van der Waals surface area contributed by atoms with Crippen LogP contribution in [0.25, 0.3) is 0 Å². The lowest BCUT2D eigenvalue weighted by atomic mass is 10.1. The molecule has 8 heteroatoms. The first kappa shape index (κ1) is 27.1. The summed E-state index contributed by atoms with van der Waals surface area (Å²) in [6.07, 6.45) is 0.536. The number of benzene rings is 3. The average molecular weight is 530 g/mol. The number of ketones is 1. The second kappa shape index (κ2) is 13.6. The van der Waals surface area contributed by atoms with E-state index < -0.39 is 6.04 Å². The molecule has 0 spiro atoms. The Kier molecular flexibility index (Phi) is 9.70. The average Bonchev–Trinajstić information content (AvgIpc) is 2.95. The third-order valence-electron chi connectivity index (χ3n) is 6.25. The lowest BCUT2D eigenvalue weighted by molar-refractivity contribution is -0.137. The number of rotatable bonds is 8. The molecule has 0 bridgehead atoms. The SMILES string of the molecule is O=C1CN(C(=O)c2ccccc2)CCCN(C(=O)C(CSCc2ccccc2)NC(=O)c2ccccc2)C1. The maximum atomic E-state index is 13.6. The van der Waals surface area contributed by atoms with Crippen molar-refractivity contribution in [2.75, 3.05) is 31.9 Å². The zero-order chi connectivity index (χ0) is 26.7. The molecule has 0 radical (unpaired) electrons. The molecule has 1 heterocycles. The van der Waals surface area contributed by atoms with E-state index in [1.54, 1.807) is 65.2 Å². The molecule has 1 aliphatic rings.